The van der Waals surface area contributed by atoms with E-state index in [-0.39, 0.29) is 5.91 Å². The van der Waals surface area contributed by atoms with Crippen molar-refractivity contribution in [2.45, 2.75) is 31.2 Å². The smallest absolute Gasteiger partial charge is 0.222 e. The van der Waals surface area contributed by atoms with E-state index in [1.54, 1.807) is 19.5 Å². The van der Waals surface area contributed by atoms with E-state index < -0.39 is 5.54 Å². The van der Waals surface area contributed by atoms with E-state index in [4.69, 9.17) is 4.74 Å². The maximum absolute atomic E-state index is 11.9. The summed E-state index contributed by atoms with van der Waals surface area (Å²) in [4.78, 5) is 23.9. The second-order valence-electron chi connectivity index (χ2n) is 5.68. The molecule has 1 atom stereocenters. The van der Waals surface area contributed by atoms with Crippen LogP contribution in [0.4, 0.5) is 0 Å². The lowest BCUT2D eigenvalue weighted by molar-refractivity contribution is -0.125. The Morgan fingerprint density at radius 2 is 2.35 bits per heavy atom. The number of hydrogen-bond acceptors (Lipinski definition) is 4. The molecule has 0 aromatic carbocycles. The van der Waals surface area contributed by atoms with Gasteiger partial charge in [-0.3, -0.25) is 4.79 Å². The van der Waals surface area contributed by atoms with Crippen LogP contribution in [0.3, 0.4) is 0 Å². The molecule has 120 valence electrons. The van der Waals surface area contributed by atoms with Gasteiger partial charge in [-0.05, 0) is 31.4 Å². The lowest BCUT2D eigenvalue weighted by Crippen LogP contribution is -2.49. The summed E-state index contributed by atoms with van der Waals surface area (Å²) in [5.41, 5.74) is 1.14. The van der Waals surface area contributed by atoms with Gasteiger partial charge in [0.1, 0.15) is 11.4 Å². The molecule has 1 saturated heterocycles. The molecule has 2 N–H and O–H groups in total. The highest BCUT2D eigenvalue weighted by Crippen LogP contribution is 2.34. The van der Waals surface area contributed by atoms with Gasteiger partial charge >= 0.3 is 0 Å². The maximum atomic E-state index is 11.9. The number of aromatic nitrogens is 3. The quantitative estimate of drug-likeness (QED) is 0.832. The molecule has 1 unspecified atom stereocenters. The fraction of sp³-hybridized carbons (Fsp3) is 0.353. The number of nitrogens with zero attached hydrogens (tertiary/aromatic N) is 2. The molecule has 2 aromatic rings. The lowest BCUT2D eigenvalue weighted by Gasteiger charge is -2.35. The number of carbonyl (C=O) groups is 1. The maximum Gasteiger partial charge on any atom is 0.222 e. The van der Waals surface area contributed by atoms with Crippen LogP contribution in [0.1, 0.15) is 31.5 Å². The Morgan fingerprint density at radius 1 is 1.48 bits per heavy atom. The van der Waals surface area contributed by atoms with Gasteiger partial charge in [-0.2, -0.15) is 0 Å². The molecule has 2 aromatic heterocycles. The SMILES string of the molecule is C=CCC1(c2ncc(-c3cccnc3OC)[nH]2)CCCC(=O)N1. The van der Waals surface area contributed by atoms with E-state index in [9.17, 15) is 4.79 Å². The highest BCUT2D eigenvalue weighted by atomic mass is 16.5. The molecule has 0 spiro atoms. The molecule has 0 bridgehead atoms. The molecule has 1 aliphatic heterocycles. The predicted molar refractivity (Wildman–Crippen MR) is 86.9 cm³/mol. The third kappa shape index (κ3) is 2.84. The Morgan fingerprint density at radius 3 is 3.09 bits per heavy atom. The van der Waals surface area contributed by atoms with E-state index in [1.807, 2.05) is 18.2 Å². The van der Waals surface area contributed by atoms with Gasteiger partial charge in [0.2, 0.25) is 11.8 Å². The van der Waals surface area contributed by atoms with Crippen molar-refractivity contribution in [2.24, 2.45) is 0 Å². The Bertz CT molecular complexity index is 725. The zero-order valence-electron chi connectivity index (χ0n) is 13.1. The van der Waals surface area contributed by atoms with Crippen molar-refractivity contribution in [3.8, 4) is 17.1 Å². The number of nitrogens with one attached hydrogen (secondary N) is 2. The number of ether oxygens (including phenoxy) is 1. The van der Waals surface area contributed by atoms with Gasteiger partial charge in [0.05, 0.1) is 24.6 Å². The van der Waals surface area contributed by atoms with Crippen LogP contribution in [0, 0.1) is 0 Å². The van der Waals surface area contributed by atoms with E-state index in [0.717, 1.165) is 29.9 Å². The van der Waals surface area contributed by atoms with Gasteiger partial charge in [-0.1, -0.05) is 6.08 Å². The van der Waals surface area contributed by atoms with Crippen molar-refractivity contribution < 1.29 is 9.53 Å². The first-order chi connectivity index (χ1) is 11.2. The molecule has 1 aliphatic rings. The van der Waals surface area contributed by atoms with E-state index in [2.05, 4.69) is 26.8 Å². The summed E-state index contributed by atoms with van der Waals surface area (Å²) in [6.45, 7) is 3.82. The third-order valence-electron chi connectivity index (χ3n) is 4.16. The molecule has 0 radical (unpaired) electrons. The Labute approximate surface area is 135 Å². The Balaban J connectivity index is 1.99. The van der Waals surface area contributed by atoms with Crippen LogP contribution in [0.5, 0.6) is 5.88 Å². The first-order valence-electron chi connectivity index (χ1n) is 7.65. The van der Waals surface area contributed by atoms with Gasteiger partial charge in [-0.15, -0.1) is 6.58 Å². The number of pyridine rings is 1. The molecular weight excluding hydrogens is 292 g/mol. The minimum absolute atomic E-state index is 0.0509. The average Bonchev–Trinajstić information content (AvgIpc) is 3.05. The number of H-pyrrole nitrogens is 1. The van der Waals surface area contributed by atoms with Crippen LogP contribution in [0.2, 0.25) is 0 Å². The fourth-order valence-corrected chi connectivity index (χ4v) is 3.08. The molecule has 1 fully saturated rings. The summed E-state index contributed by atoms with van der Waals surface area (Å²) in [6, 6.07) is 3.77. The number of hydrogen-bond donors (Lipinski definition) is 2. The minimum Gasteiger partial charge on any atom is -0.481 e. The predicted octanol–water partition coefficient (Wildman–Crippen LogP) is 2.55. The molecule has 6 heteroatoms. The van der Waals surface area contributed by atoms with Crippen molar-refractivity contribution >= 4 is 5.91 Å². The molecule has 1 amide bonds. The van der Waals surface area contributed by atoms with Crippen molar-refractivity contribution in [1.29, 1.82) is 0 Å². The molecule has 0 saturated carbocycles. The summed E-state index contributed by atoms with van der Waals surface area (Å²) >= 11 is 0. The largest absolute Gasteiger partial charge is 0.481 e. The molecule has 0 aliphatic carbocycles. The first-order valence-corrected chi connectivity index (χ1v) is 7.65. The number of rotatable bonds is 5. The van der Waals surface area contributed by atoms with E-state index in [1.165, 1.54) is 0 Å². The first kappa shape index (κ1) is 15.3. The van der Waals surface area contributed by atoms with Gasteiger partial charge < -0.3 is 15.0 Å². The summed E-state index contributed by atoms with van der Waals surface area (Å²) in [5.74, 6) is 1.33. The Hall–Kier alpha value is -2.63. The molecule has 3 heterocycles. The Kier molecular flexibility index (Phi) is 4.14. The minimum atomic E-state index is -0.509. The lowest BCUT2D eigenvalue weighted by atomic mass is 9.85. The monoisotopic (exact) mass is 312 g/mol. The number of carbonyl (C=O) groups excluding carboxylic acids is 1. The van der Waals surface area contributed by atoms with Crippen molar-refractivity contribution in [3.63, 3.8) is 0 Å². The van der Waals surface area contributed by atoms with Crippen molar-refractivity contribution in [3.05, 3.63) is 43.0 Å². The zero-order valence-corrected chi connectivity index (χ0v) is 13.1. The summed E-state index contributed by atoms with van der Waals surface area (Å²) in [6.07, 6.45) is 8.12. The zero-order chi connectivity index (χ0) is 16.3. The molecular formula is C17H20N4O2. The van der Waals surface area contributed by atoms with Crippen LogP contribution >= 0.6 is 0 Å². The van der Waals surface area contributed by atoms with Gasteiger partial charge in [0.25, 0.3) is 0 Å². The second-order valence-corrected chi connectivity index (χ2v) is 5.68. The van der Waals surface area contributed by atoms with Gasteiger partial charge in [0.15, 0.2) is 0 Å². The fourth-order valence-electron chi connectivity index (χ4n) is 3.08. The van der Waals surface area contributed by atoms with Crippen molar-refractivity contribution in [1.82, 2.24) is 20.3 Å². The number of aromatic amines is 1. The normalized spacial score (nSPS) is 20.8. The van der Waals surface area contributed by atoms with Crippen molar-refractivity contribution in [2.75, 3.05) is 7.11 Å². The number of piperidine rings is 1. The van der Waals surface area contributed by atoms with Crippen LogP contribution in [-0.2, 0) is 10.3 Å². The van der Waals surface area contributed by atoms with Crippen LogP contribution < -0.4 is 10.1 Å². The third-order valence-corrected chi connectivity index (χ3v) is 4.16. The van der Waals surface area contributed by atoms with Crippen LogP contribution in [0.15, 0.2) is 37.2 Å². The summed E-state index contributed by atoms with van der Waals surface area (Å²) < 4.78 is 5.30. The van der Waals surface area contributed by atoms with E-state index >= 15 is 0 Å². The van der Waals surface area contributed by atoms with Crippen LogP contribution in [-0.4, -0.2) is 28.0 Å². The van der Waals surface area contributed by atoms with E-state index in [0.29, 0.717) is 18.7 Å². The standard InChI is InChI=1S/C17H20N4O2/c1-3-8-17(9-4-7-14(22)21-17)16-19-11-13(20-16)12-6-5-10-18-15(12)23-2/h3,5-6,10-11H,1,4,7-9H2,2H3,(H,19,20)(H,21,22). The van der Waals surface area contributed by atoms with Gasteiger partial charge in [0, 0.05) is 12.6 Å². The number of amides is 1. The van der Waals surface area contributed by atoms with Crippen LogP contribution in [0.25, 0.3) is 11.3 Å². The topological polar surface area (TPSA) is 79.9 Å². The molecule has 6 nitrogen and oxygen atoms in total. The summed E-state index contributed by atoms with van der Waals surface area (Å²) in [7, 11) is 1.59. The number of imidazole rings is 1. The second kappa shape index (κ2) is 6.24. The van der Waals surface area contributed by atoms with Gasteiger partial charge in [-0.25, -0.2) is 9.97 Å². The highest BCUT2D eigenvalue weighted by molar-refractivity contribution is 5.78. The number of methoxy groups -OCH3 is 1. The molecule has 23 heavy (non-hydrogen) atoms. The summed E-state index contributed by atoms with van der Waals surface area (Å²) in [5, 5.41) is 3.09. The molecule has 3 rings (SSSR count). The highest BCUT2D eigenvalue weighted by Gasteiger charge is 2.38. The average molecular weight is 312 g/mol.